The summed E-state index contributed by atoms with van der Waals surface area (Å²) in [7, 11) is 0. The molecule has 0 radical (unpaired) electrons. The highest BCUT2D eigenvalue weighted by Gasteiger charge is 2.17. The summed E-state index contributed by atoms with van der Waals surface area (Å²) < 4.78 is 2.12. The van der Waals surface area contributed by atoms with Crippen LogP contribution in [-0.4, -0.2) is 32.2 Å². The molecular weight excluding hydrogens is 232 g/mol. The molecule has 0 spiro atoms. The van der Waals surface area contributed by atoms with E-state index < -0.39 is 5.97 Å². The van der Waals surface area contributed by atoms with Gasteiger partial charge < -0.3 is 14.6 Å². The van der Waals surface area contributed by atoms with E-state index in [0.717, 1.165) is 31.1 Å². The van der Waals surface area contributed by atoms with Gasteiger partial charge in [-0.15, -0.1) is 0 Å². The Morgan fingerprint density at radius 1 is 1.28 bits per heavy atom. The van der Waals surface area contributed by atoms with Crippen LogP contribution in [0.2, 0.25) is 0 Å². The summed E-state index contributed by atoms with van der Waals surface area (Å²) in [5.41, 5.74) is 0.992. The summed E-state index contributed by atoms with van der Waals surface area (Å²) in [5.74, 6) is 0.0132. The van der Waals surface area contributed by atoms with Crippen molar-refractivity contribution in [3.8, 4) is 0 Å². The van der Waals surface area contributed by atoms with E-state index in [1.165, 1.54) is 6.07 Å². The van der Waals surface area contributed by atoms with Crippen molar-refractivity contribution in [2.24, 2.45) is 0 Å². The van der Waals surface area contributed by atoms with E-state index in [-0.39, 0.29) is 5.69 Å². The van der Waals surface area contributed by atoms with Crippen LogP contribution in [0.5, 0.6) is 0 Å². The lowest BCUT2D eigenvalue weighted by Crippen LogP contribution is -2.33. The minimum atomic E-state index is -1.00. The third-order valence-electron chi connectivity index (χ3n) is 3.08. The highest BCUT2D eigenvalue weighted by molar-refractivity contribution is 5.85. The first kappa shape index (κ1) is 10.8. The van der Waals surface area contributed by atoms with E-state index in [0.29, 0.717) is 0 Å². The zero-order chi connectivity index (χ0) is 12.5. The van der Waals surface area contributed by atoms with E-state index in [1.807, 2.05) is 6.20 Å². The quantitative estimate of drug-likeness (QED) is 0.853. The number of carbonyl (C=O) groups is 1. The second-order valence-electron chi connectivity index (χ2n) is 4.17. The molecule has 0 saturated heterocycles. The molecule has 6 nitrogen and oxygen atoms in total. The molecule has 3 heterocycles. The predicted octanol–water partition coefficient (Wildman–Crippen LogP) is 0.996. The summed E-state index contributed by atoms with van der Waals surface area (Å²) in [6.45, 7) is 2.48. The van der Waals surface area contributed by atoms with E-state index in [4.69, 9.17) is 5.11 Å². The van der Waals surface area contributed by atoms with Gasteiger partial charge in [0.1, 0.15) is 11.5 Å². The molecule has 0 aliphatic carbocycles. The number of fused-ring (bicyclic) bond motifs is 1. The number of carboxylic acids is 1. The smallest absolute Gasteiger partial charge is 0.354 e. The molecule has 1 N–H and O–H groups in total. The van der Waals surface area contributed by atoms with Crippen LogP contribution in [0.1, 0.15) is 16.3 Å². The lowest BCUT2D eigenvalue weighted by Gasteiger charge is -2.29. The van der Waals surface area contributed by atoms with Gasteiger partial charge in [-0.1, -0.05) is 0 Å². The first-order valence-corrected chi connectivity index (χ1v) is 5.68. The molecule has 0 atom stereocenters. The van der Waals surface area contributed by atoms with Crippen LogP contribution in [0, 0.1) is 0 Å². The Morgan fingerprint density at radius 2 is 2.17 bits per heavy atom. The third kappa shape index (κ3) is 1.81. The minimum absolute atomic E-state index is 0.0669. The van der Waals surface area contributed by atoms with Crippen LogP contribution in [0.4, 0.5) is 5.69 Å². The van der Waals surface area contributed by atoms with Crippen molar-refractivity contribution >= 4 is 11.7 Å². The van der Waals surface area contributed by atoms with Gasteiger partial charge in [-0.3, -0.25) is 0 Å². The summed E-state index contributed by atoms with van der Waals surface area (Å²) in [6.07, 6.45) is 5.37. The van der Waals surface area contributed by atoms with Gasteiger partial charge >= 0.3 is 5.97 Å². The van der Waals surface area contributed by atoms with Crippen LogP contribution in [-0.2, 0) is 13.1 Å². The monoisotopic (exact) mass is 244 g/mol. The summed E-state index contributed by atoms with van der Waals surface area (Å²) in [5, 5.41) is 8.80. The minimum Gasteiger partial charge on any atom is -0.477 e. The van der Waals surface area contributed by atoms with Crippen LogP contribution < -0.4 is 4.90 Å². The molecule has 2 aromatic heterocycles. The molecule has 0 bridgehead atoms. The molecule has 0 unspecified atom stereocenters. The lowest BCUT2D eigenvalue weighted by molar-refractivity contribution is 0.0690. The molecule has 6 heteroatoms. The fraction of sp³-hybridized carbons (Fsp3) is 0.250. The normalized spacial score (nSPS) is 14.3. The van der Waals surface area contributed by atoms with Gasteiger partial charge in [-0.2, -0.15) is 0 Å². The fourth-order valence-electron chi connectivity index (χ4n) is 2.09. The van der Waals surface area contributed by atoms with Gasteiger partial charge in [0.25, 0.3) is 0 Å². The number of carboxylic acid groups (broad SMARTS) is 1. The Hall–Kier alpha value is -2.37. The van der Waals surface area contributed by atoms with Crippen LogP contribution in [0.25, 0.3) is 0 Å². The van der Waals surface area contributed by atoms with Crippen molar-refractivity contribution < 1.29 is 9.90 Å². The third-order valence-corrected chi connectivity index (χ3v) is 3.08. The molecule has 0 saturated carbocycles. The van der Waals surface area contributed by atoms with Gasteiger partial charge in [0.05, 0.1) is 18.4 Å². The molecule has 1 aliphatic rings. The topological polar surface area (TPSA) is 71.2 Å². The van der Waals surface area contributed by atoms with E-state index >= 15 is 0 Å². The number of nitrogens with zero attached hydrogens (tertiary/aromatic N) is 4. The second-order valence-corrected chi connectivity index (χ2v) is 4.17. The molecule has 1 aliphatic heterocycles. The molecule has 3 rings (SSSR count). The van der Waals surface area contributed by atoms with Gasteiger partial charge in [-0.05, 0) is 12.1 Å². The van der Waals surface area contributed by atoms with Gasteiger partial charge in [-0.25, -0.2) is 14.8 Å². The lowest BCUT2D eigenvalue weighted by atomic mass is 10.2. The second kappa shape index (κ2) is 4.14. The van der Waals surface area contributed by atoms with Crippen molar-refractivity contribution in [1.82, 2.24) is 14.5 Å². The molecule has 0 amide bonds. The van der Waals surface area contributed by atoms with Gasteiger partial charge in [0.2, 0.25) is 0 Å². The summed E-state index contributed by atoms with van der Waals surface area (Å²) in [4.78, 5) is 21.1. The highest BCUT2D eigenvalue weighted by Crippen LogP contribution is 2.19. The number of imidazole rings is 1. The van der Waals surface area contributed by atoms with Crippen molar-refractivity contribution in [2.75, 3.05) is 11.4 Å². The Balaban J connectivity index is 1.82. The summed E-state index contributed by atoms with van der Waals surface area (Å²) in [6, 6.07) is 3.31. The Kier molecular flexibility index (Phi) is 2.47. The number of anilines is 1. The number of pyridine rings is 1. The van der Waals surface area contributed by atoms with Gasteiger partial charge in [0, 0.05) is 25.5 Å². The SMILES string of the molecule is O=C(O)c1ccc(N2CCn3ccnc3C2)cn1. The van der Waals surface area contributed by atoms with E-state index in [2.05, 4.69) is 19.4 Å². The molecule has 0 aromatic carbocycles. The Morgan fingerprint density at radius 3 is 2.89 bits per heavy atom. The maximum absolute atomic E-state index is 10.7. The number of hydrogen-bond acceptors (Lipinski definition) is 4. The maximum atomic E-state index is 10.7. The molecule has 92 valence electrons. The van der Waals surface area contributed by atoms with Crippen molar-refractivity contribution in [2.45, 2.75) is 13.1 Å². The standard InChI is InChI=1S/C12H12N4O2/c17-12(18)10-2-1-9(7-14-10)16-6-5-15-4-3-13-11(15)8-16/h1-4,7H,5-6,8H2,(H,17,18). The zero-order valence-corrected chi connectivity index (χ0v) is 9.65. The van der Waals surface area contributed by atoms with Crippen LogP contribution >= 0.6 is 0 Å². The van der Waals surface area contributed by atoms with Crippen LogP contribution in [0.3, 0.4) is 0 Å². The largest absolute Gasteiger partial charge is 0.477 e. The highest BCUT2D eigenvalue weighted by atomic mass is 16.4. The molecular formula is C12H12N4O2. The average molecular weight is 244 g/mol. The van der Waals surface area contributed by atoms with Gasteiger partial charge in [0.15, 0.2) is 0 Å². The van der Waals surface area contributed by atoms with Crippen molar-refractivity contribution in [3.63, 3.8) is 0 Å². The average Bonchev–Trinajstić information content (AvgIpc) is 2.86. The molecule has 2 aromatic rings. The predicted molar refractivity (Wildman–Crippen MR) is 64.5 cm³/mol. The van der Waals surface area contributed by atoms with E-state index in [1.54, 1.807) is 18.5 Å². The van der Waals surface area contributed by atoms with Crippen molar-refractivity contribution in [3.05, 3.63) is 42.2 Å². The van der Waals surface area contributed by atoms with E-state index in [9.17, 15) is 4.79 Å². The Bertz CT molecular complexity index is 576. The number of rotatable bonds is 2. The Labute approximate surface area is 104 Å². The first-order valence-electron chi connectivity index (χ1n) is 5.68. The fourth-order valence-corrected chi connectivity index (χ4v) is 2.09. The zero-order valence-electron chi connectivity index (χ0n) is 9.65. The number of aromatic nitrogens is 3. The summed E-state index contributed by atoms with van der Waals surface area (Å²) >= 11 is 0. The molecule has 18 heavy (non-hydrogen) atoms. The number of hydrogen-bond donors (Lipinski definition) is 1. The molecule has 0 fully saturated rings. The maximum Gasteiger partial charge on any atom is 0.354 e. The first-order chi connectivity index (χ1) is 8.74. The number of aromatic carboxylic acids is 1. The van der Waals surface area contributed by atoms with Crippen LogP contribution in [0.15, 0.2) is 30.7 Å². The van der Waals surface area contributed by atoms with Crippen molar-refractivity contribution in [1.29, 1.82) is 0 Å².